The Morgan fingerprint density at radius 2 is 2.33 bits per heavy atom. The van der Waals surface area contributed by atoms with E-state index in [1.807, 2.05) is 17.5 Å². The van der Waals surface area contributed by atoms with Crippen LogP contribution in [0.2, 0.25) is 0 Å². The summed E-state index contributed by atoms with van der Waals surface area (Å²) in [6.45, 7) is 2.99. The molecular formula is C13H20N4S. The Morgan fingerprint density at radius 3 is 3.00 bits per heavy atom. The minimum atomic E-state index is 0.699. The summed E-state index contributed by atoms with van der Waals surface area (Å²) in [7, 11) is 0. The van der Waals surface area contributed by atoms with Gasteiger partial charge in [-0.25, -0.2) is 4.98 Å². The first-order chi connectivity index (χ1) is 8.83. The molecule has 0 aromatic carbocycles. The monoisotopic (exact) mass is 264 g/mol. The van der Waals surface area contributed by atoms with E-state index in [2.05, 4.69) is 22.1 Å². The van der Waals surface area contributed by atoms with Crippen molar-refractivity contribution in [2.75, 3.05) is 6.54 Å². The molecule has 0 bridgehead atoms. The van der Waals surface area contributed by atoms with Crippen LogP contribution in [-0.4, -0.2) is 21.7 Å². The van der Waals surface area contributed by atoms with Gasteiger partial charge in [-0.1, -0.05) is 19.4 Å². The number of aryl methyl sites for hydroxylation is 1. The zero-order chi connectivity index (χ0) is 12.8. The average molecular weight is 264 g/mol. The summed E-state index contributed by atoms with van der Waals surface area (Å²) in [6, 6.07) is 4.06. The zero-order valence-electron chi connectivity index (χ0n) is 10.7. The first-order valence-corrected chi connectivity index (χ1v) is 7.36. The Morgan fingerprint density at radius 1 is 1.44 bits per heavy atom. The lowest BCUT2D eigenvalue weighted by molar-refractivity contribution is 0.439. The maximum absolute atomic E-state index is 5.61. The molecule has 4 nitrogen and oxygen atoms in total. The highest BCUT2D eigenvalue weighted by molar-refractivity contribution is 7.13. The molecular weight excluding hydrogens is 244 g/mol. The number of nitrogens with two attached hydrogens (primary N) is 1. The van der Waals surface area contributed by atoms with Gasteiger partial charge in [0, 0.05) is 6.42 Å². The van der Waals surface area contributed by atoms with Crippen molar-refractivity contribution in [3.05, 3.63) is 23.3 Å². The summed E-state index contributed by atoms with van der Waals surface area (Å²) in [6.07, 6.45) is 4.37. The van der Waals surface area contributed by atoms with E-state index < -0.39 is 0 Å². The fourth-order valence-corrected chi connectivity index (χ4v) is 2.71. The van der Waals surface area contributed by atoms with E-state index in [1.165, 1.54) is 6.42 Å². The molecule has 18 heavy (non-hydrogen) atoms. The highest BCUT2D eigenvalue weighted by Crippen LogP contribution is 2.21. The largest absolute Gasteiger partial charge is 0.330 e. The fourth-order valence-electron chi connectivity index (χ4n) is 2.05. The Kier molecular flexibility index (Phi) is 4.90. The van der Waals surface area contributed by atoms with Crippen LogP contribution in [0.1, 0.15) is 32.0 Å². The van der Waals surface area contributed by atoms with Crippen LogP contribution in [0.15, 0.2) is 17.5 Å². The smallest absolute Gasteiger partial charge is 0.191 e. The van der Waals surface area contributed by atoms with Gasteiger partial charge in [0.15, 0.2) is 5.82 Å². The molecule has 1 atom stereocenters. The third-order valence-corrected chi connectivity index (χ3v) is 4.08. The van der Waals surface area contributed by atoms with Gasteiger partial charge in [-0.15, -0.1) is 11.3 Å². The number of aromatic nitrogens is 3. The first kappa shape index (κ1) is 13.2. The standard InChI is InChI=1S/C13H20N4S/c1-2-10(7-8-14)5-6-12-15-13(17-16-12)11-4-3-9-18-11/h3-4,9-10H,2,5-8,14H2,1H3,(H,15,16,17). The number of nitrogens with one attached hydrogen (secondary N) is 1. The van der Waals surface area contributed by atoms with Crippen molar-refractivity contribution in [1.82, 2.24) is 15.2 Å². The van der Waals surface area contributed by atoms with Gasteiger partial charge >= 0.3 is 0 Å². The van der Waals surface area contributed by atoms with E-state index in [0.29, 0.717) is 5.92 Å². The van der Waals surface area contributed by atoms with Gasteiger partial charge in [-0.05, 0) is 36.8 Å². The number of thiophene rings is 1. The van der Waals surface area contributed by atoms with Crippen molar-refractivity contribution in [1.29, 1.82) is 0 Å². The molecule has 5 heteroatoms. The van der Waals surface area contributed by atoms with Gasteiger partial charge in [-0.2, -0.15) is 5.10 Å². The van der Waals surface area contributed by atoms with E-state index in [-0.39, 0.29) is 0 Å². The Hall–Kier alpha value is -1.20. The number of rotatable bonds is 7. The molecule has 1 unspecified atom stereocenters. The van der Waals surface area contributed by atoms with Gasteiger partial charge < -0.3 is 5.73 Å². The van der Waals surface area contributed by atoms with Crippen molar-refractivity contribution in [3.63, 3.8) is 0 Å². The van der Waals surface area contributed by atoms with Crippen LogP contribution < -0.4 is 5.73 Å². The molecule has 2 rings (SSSR count). The van der Waals surface area contributed by atoms with E-state index in [9.17, 15) is 0 Å². The average Bonchev–Trinajstić information content (AvgIpc) is 3.04. The highest BCUT2D eigenvalue weighted by Gasteiger charge is 2.09. The molecule has 0 amide bonds. The van der Waals surface area contributed by atoms with E-state index in [1.54, 1.807) is 11.3 Å². The molecule has 98 valence electrons. The van der Waals surface area contributed by atoms with Gasteiger partial charge in [-0.3, -0.25) is 5.10 Å². The lowest BCUT2D eigenvalue weighted by Gasteiger charge is -2.11. The summed E-state index contributed by atoms with van der Waals surface area (Å²) in [5, 5.41) is 9.33. The number of H-pyrrole nitrogens is 1. The molecule has 0 aliphatic carbocycles. The maximum Gasteiger partial charge on any atom is 0.191 e. The van der Waals surface area contributed by atoms with Gasteiger partial charge in [0.25, 0.3) is 0 Å². The lowest BCUT2D eigenvalue weighted by atomic mass is 9.97. The van der Waals surface area contributed by atoms with Crippen molar-refractivity contribution in [2.24, 2.45) is 11.7 Å². The summed E-state index contributed by atoms with van der Waals surface area (Å²) in [5.74, 6) is 2.49. The van der Waals surface area contributed by atoms with Crippen molar-refractivity contribution >= 4 is 11.3 Å². The second-order valence-electron chi connectivity index (χ2n) is 4.47. The van der Waals surface area contributed by atoms with Crippen LogP contribution in [0.4, 0.5) is 0 Å². The molecule has 0 aliphatic heterocycles. The van der Waals surface area contributed by atoms with Gasteiger partial charge in [0.1, 0.15) is 5.82 Å². The molecule has 0 spiro atoms. The lowest BCUT2D eigenvalue weighted by Crippen LogP contribution is -2.09. The maximum atomic E-state index is 5.61. The molecule has 0 saturated carbocycles. The van der Waals surface area contributed by atoms with Crippen LogP contribution in [0, 0.1) is 5.92 Å². The molecule has 2 aromatic heterocycles. The third kappa shape index (κ3) is 3.40. The number of aromatic amines is 1. The third-order valence-electron chi connectivity index (χ3n) is 3.21. The minimum Gasteiger partial charge on any atom is -0.330 e. The predicted octanol–water partition coefficient (Wildman–Crippen LogP) is 2.84. The number of nitrogens with zero attached hydrogens (tertiary/aromatic N) is 2. The van der Waals surface area contributed by atoms with Crippen LogP contribution in [0.3, 0.4) is 0 Å². The molecule has 0 aliphatic rings. The SMILES string of the molecule is CCC(CCN)CCc1nc(-c2cccs2)n[nH]1. The summed E-state index contributed by atoms with van der Waals surface area (Å²) < 4.78 is 0. The van der Waals surface area contributed by atoms with E-state index in [4.69, 9.17) is 5.73 Å². The molecule has 0 radical (unpaired) electrons. The molecule has 2 aromatic rings. The van der Waals surface area contributed by atoms with Crippen LogP contribution in [-0.2, 0) is 6.42 Å². The van der Waals surface area contributed by atoms with E-state index in [0.717, 1.165) is 42.3 Å². The minimum absolute atomic E-state index is 0.699. The Bertz CT molecular complexity index is 449. The summed E-state index contributed by atoms with van der Waals surface area (Å²) >= 11 is 1.66. The van der Waals surface area contributed by atoms with Crippen molar-refractivity contribution in [3.8, 4) is 10.7 Å². The van der Waals surface area contributed by atoms with Gasteiger partial charge in [0.2, 0.25) is 0 Å². The normalized spacial score (nSPS) is 12.8. The number of hydrogen-bond donors (Lipinski definition) is 2. The molecule has 3 N–H and O–H groups in total. The number of hydrogen-bond acceptors (Lipinski definition) is 4. The quantitative estimate of drug-likeness (QED) is 0.808. The molecule has 2 heterocycles. The molecule has 0 fully saturated rings. The van der Waals surface area contributed by atoms with Gasteiger partial charge in [0.05, 0.1) is 4.88 Å². The predicted molar refractivity (Wildman–Crippen MR) is 75.5 cm³/mol. The Labute approximate surface area is 112 Å². The second kappa shape index (κ2) is 6.66. The van der Waals surface area contributed by atoms with Crippen LogP contribution in [0.25, 0.3) is 10.7 Å². The van der Waals surface area contributed by atoms with E-state index >= 15 is 0 Å². The Balaban J connectivity index is 1.91. The molecule has 0 saturated heterocycles. The first-order valence-electron chi connectivity index (χ1n) is 6.48. The second-order valence-corrected chi connectivity index (χ2v) is 5.42. The summed E-state index contributed by atoms with van der Waals surface area (Å²) in [5.41, 5.74) is 5.61. The highest BCUT2D eigenvalue weighted by atomic mass is 32.1. The van der Waals surface area contributed by atoms with Crippen LogP contribution in [0.5, 0.6) is 0 Å². The van der Waals surface area contributed by atoms with Crippen LogP contribution >= 0.6 is 11.3 Å². The van der Waals surface area contributed by atoms with Crippen molar-refractivity contribution < 1.29 is 0 Å². The fraction of sp³-hybridized carbons (Fsp3) is 0.538. The van der Waals surface area contributed by atoms with Crippen molar-refractivity contribution in [2.45, 2.75) is 32.6 Å². The zero-order valence-corrected chi connectivity index (χ0v) is 11.5. The topological polar surface area (TPSA) is 67.6 Å². The summed E-state index contributed by atoms with van der Waals surface area (Å²) in [4.78, 5) is 5.65.